The van der Waals surface area contributed by atoms with Crippen LogP contribution < -0.4 is 5.73 Å². The largest absolute Gasteiger partial charge is 0.369 e. The van der Waals surface area contributed by atoms with Gasteiger partial charge in [-0.25, -0.2) is 0 Å². The fraction of sp³-hybridized carbons (Fsp3) is 0.909. The summed E-state index contributed by atoms with van der Waals surface area (Å²) in [5.41, 5.74) is 5.63. The van der Waals surface area contributed by atoms with Gasteiger partial charge in [0.2, 0.25) is 5.91 Å². The first kappa shape index (κ1) is 7.84. The lowest BCUT2D eigenvalue weighted by Crippen LogP contribution is -2.43. The number of carbonyl (C=O) groups is 1. The second-order valence-electron chi connectivity index (χ2n) is 5.12. The van der Waals surface area contributed by atoms with Crippen LogP contribution in [-0.2, 0) is 4.79 Å². The second kappa shape index (κ2) is 2.28. The molecule has 2 nitrogen and oxygen atoms in total. The van der Waals surface area contributed by atoms with Crippen LogP contribution in [0.1, 0.15) is 38.5 Å². The molecule has 0 aromatic carbocycles. The SMILES string of the molecule is NC(=O)C(C1CC1)(C1CC1)C1CC1. The van der Waals surface area contributed by atoms with Crippen molar-refractivity contribution in [3.05, 3.63) is 0 Å². The van der Waals surface area contributed by atoms with E-state index in [9.17, 15) is 4.79 Å². The summed E-state index contributed by atoms with van der Waals surface area (Å²) >= 11 is 0. The van der Waals surface area contributed by atoms with E-state index in [4.69, 9.17) is 5.73 Å². The lowest BCUT2D eigenvalue weighted by Gasteiger charge is -2.31. The molecule has 0 unspecified atom stereocenters. The highest BCUT2D eigenvalue weighted by Gasteiger charge is 2.64. The van der Waals surface area contributed by atoms with Gasteiger partial charge in [0.15, 0.2) is 0 Å². The summed E-state index contributed by atoms with van der Waals surface area (Å²) in [4.78, 5) is 11.7. The summed E-state index contributed by atoms with van der Waals surface area (Å²) in [6.45, 7) is 0. The van der Waals surface area contributed by atoms with Crippen LogP contribution in [0.2, 0.25) is 0 Å². The standard InChI is InChI=1S/C11H17NO/c12-10(13)11(7-1-2-7,8-3-4-8)9-5-6-9/h7-9H,1-6H2,(H2,12,13). The molecule has 72 valence electrons. The highest BCUT2D eigenvalue weighted by molar-refractivity contribution is 5.83. The molecule has 0 bridgehead atoms. The Balaban J connectivity index is 1.94. The van der Waals surface area contributed by atoms with Gasteiger partial charge in [-0.1, -0.05) is 0 Å². The summed E-state index contributed by atoms with van der Waals surface area (Å²) < 4.78 is 0. The molecular weight excluding hydrogens is 162 g/mol. The van der Waals surface area contributed by atoms with Crippen LogP contribution in [0.3, 0.4) is 0 Å². The Hall–Kier alpha value is -0.530. The molecule has 13 heavy (non-hydrogen) atoms. The maximum Gasteiger partial charge on any atom is 0.224 e. The Bertz CT molecular complexity index is 218. The van der Waals surface area contributed by atoms with Crippen molar-refractivity contribution in [3.63, 3.8) is 0 Å². The molecule has 0 heterocycles. The molecule has 0 aromatic heterocycles. The Morgan fingerprint density at radius 2 is 1.23 bits per heavy atom. The molecule has 0 spiro atoms. The minimum Gasteiger partial charge on any atom is -0.369 e. The van der Waals surface area contributed by atoms with Gasteiger partial charge in [-0.05, 0) is 56.3 Å². The smallest absolute Gasteiger partial charge is 0.224 e. The van der Waals surface area contributed by atoms with E-state index in [1.807, 2.05) is 0 Å². The van der Waals surface area contributed by atoms with E-state index in [0.717, 1.165) is 0 Å². The van der Waals surface area contributed by atoms with E-state index in [1.54, 1.807) is 0 Å². The molecule has 3 aliphatic rings. The number of nitrogens with two attached hydrogens (primary N) is 1. The molecule has 0 saturated heterocycles. The van der Waals surface area contributed by atoms with Crippen LogP contribution in [0.25, 0.3) is 0 Å². The van der Waals surface area contributed by atoms with Gasteiger partial charge in [-0.2, -0.15) is 0 Å². The summed E-state index contributed by atoms with van der Waals surface area (Å²) in [6, 6.07) is 0. The van der Waals surface area contributed by atoms with Gasteiger partial charge in [0.1, 0.15) is 0 Å². The normalized spacial score (nSPS) is 28.9. The van der Waals surface area contributed by atoms with E-state index in [0.29, 0.717) is 17.8 Å². The third-order valence-corrected chi connectivity index (χ3v) is 4.19. The van der Waals surface area contributed by atoms with Crippen molar-refractivity contribution in [2.45, 2.75) is 38.5 Å². The molecule has 3 saturated carbocycles. The lowest BCUT2D eigenvalue weighted by molar-refractivity contribution is -0.132. The lowest BCUT2D eigenvalue weighted by atomic mass is 9.72. The van der Waals surface area contributed by atoms with Crippen molar-refractivity contribution >= 4 is 5.91 Å². The average molecular weight is 179 g/mol. The maximum absolute atomic E-state index is 11.7. The number of rotatable bonds is 4. The van der Waals surface area contributed by atoms with Crippen LogP contribution in [0.5, 0.6) is 0 Å². The van der Waals surface area contributed by atoms with Crippen molar-refractivity contribution < 1.29 is 4.79 Å². The van der Waals surface area contributed by atoms with Gasteiger partial charge in [-0.15, -0.1) is 0 Å². The van der Waals surface area contributed by atoms with Crippen LogP contribution in [-0.4, -0.2) is 5.91 Å². The van der Waals surface area contributed by atoms with Crippen molar-refractivity contribution in [1.29, 1.82) is 0 Å². The van der Waals surface area contributed by atoms with E-state index in [-0.39, 0.29) is 11.3 Å². The zero-order valence-corrected chi connectivity index (χ0v) is 7.96. The topological polar surface area (TPSA) is 43.1 Å². The van der Waals surface area contributed by atoms with E-state index in [1.165, 1.54) is 38.5 Å². The molecule has 2 N–H and O–H groups in total. The number of amides is 1. The van der Waals surface area contributed by atoms with Crippen LogP contribution in [0, 0.1) is 23.2 Å². The number of hydrogen-bond donors (Lipinski definition) is 1. The third-order valence-electron chi connectivity index (χ3n) is 4.19. The van der Waals surface area contributed by atoms with Gasteiger partial charge >= 0.3 is 0 Å². The molecular formula is C11H17NO. The van der Waals surface area contributed by atoms with Crippen LogP contribution in [0.15, 0.2) is 0 Å². The van der Waals surface area contributed by atoms with E-state index in [2.05, 4.69) is 0 Å². The van der Waals surface area contributed by atoms with E-state index < -0.39 is 0 Å². The van der Waals surface area contributed by atoms with Gasteiger partial charge in [0.25, 0.3) is 0 Å². The number of hydrogen-bond acceptors (Lipinski definition) is 1. The second-order valence-corrected chi connectivity index (χ2v) is 5.12. The summed E-state index contributed by atoms with van der Waals surface area (Å²) in [7, 11) is 0. The molecule has 0 radical (unpaired) electrons. The predicted octanol–water partition coefficient (Wildman–Crippen LogP) is 1.69. The first-order valence-corrected chi connectivity index (χ1v) is 5.56. The number of carbonyl (C=O) groups excluding carboxylic acids is 1. The Kier molecular flexibility index (Phi) is 1.38. The average Bonchev–Trinajstić information content (AvgIpc) is 2.95. The quantitative estimate of drug-likeness (QED) is 0.701. The molecule has 3 fully saturated rings. The minimum atomic E-state index is -0.0278. The predicted molar refractivity (Wildman–Crippen MR) is 49.8 cm³/mol. The first-order chi connectivity index (χ1) is 6.26. The van der Waals surface area contributed by atoms with Crippen LogP contribution >= 0.6 is 0 Å². The Labute approximate surface area is 78.9 Å². The highest BCUT2D eigenvalue weighted by Crippen LogP contribution is 2.66. The minimum absolute atomic E-state index is 0.0278. The molecule has 2 heteroatoms. The molecule has 0 aromatic rings. The maximum atomic E-state index is 11.7. The number of primary amides is 1. The van der Waals surface area contributed by atoms with Crippen molar-refractivity contribution in [2.24, 2.45) is 28.9 Å². The van der Waals surface area contributed by atoms with Gasteiger partial charge in [0.05, 0.1) is 5.41 Å². The fourth-order valence-corrected chi connectivity index (χ4v) is 3.29. The van der Waals surface area contributed by atoms with Crippen molar-refractivity contribution in [1.82, 2.24) is 0 Å². The first-order valence-electron chi connectivity index (χ1n) is 5.56. The third kappa shape index (κ3) is 0.976. The summed E-state index contributed by atoms with van der Waals surface area (Å²) in [5.74, 6) is 2.04. The van der Waals surface area contributed by atoms with Crippen LogP contribution in [0.4, 0.5) is 0 Å². The zero-order chi connectivity index (χ0) is 9.05. The van der Waals surface area contributed by atoms with Gasteiger partial charge in [0, 0.05) is 0 Å². The van der Waals surface area contributed by atoms with Gasteiger partial charge in [-0.3, -0.25) is 4.79 Å². The summed E-state index contributed by atoms with van der Waals surface area (Å²) in [5, 5.41) is 0. The Morgan fingerprint density at radius 1 is 0.923 bits per heavy atom. The fourth-order valence-electron chi connectivity index (χ4n) is 3.29. The molecule has 3 rings (SSSR count). The van der Waals surface area contributed by atoms with Gasteiger partial charge < -0.3 is 5.73 Å². The molecule has 0 atom stereocenters. The Morgan fingerprint density at radius 3 is 1.38 bits per heavy atom. The molecule has 3 aliphatic carbocycles. The summed E-state index contributed by atoms with van der Waals surface area (Å²) in [6.07, 6.45) is 7.56. The monoisotopic (exact) mass is 179 g/mol. The molecule has 0 aliphatic heterocycles. The highest BCUT2D eigenvalue weighted by atomic mass is 16.1. The van der Waals surface area contributed by atoms with E-state index >= 15 is 0 Å². The molecule has 1 amide bonds. The zero-order valence-electron chi connectivity index (χ0n) is 7.96. The van der Waals surface area contributed by atoms with Crippen molar-refractivity contribution in [3.8, 4) is 0 Å². The van der Waals surface area contributed by atoms with Crippen molar-refractivity contribution in [2.75, 3.05) is 0 Å².